The molecule has 5 aromatic carbocycles. The van der Waals surface area contributed by atoms with E-state index >= 15 is 0 Å². The van der Waals surface area contributed by atoms with Crippen LogP contribution in [0.4, 0.5) is 0 Å². The van der Waals surface area contributed by atoms with E-state index in [1.807, 2.05) is 24.4 Å². The first-order valence-electron chi connectivity index (χ1n) is 12.1. The summed E-state index contributed by atoms with van der Waals surface area (Å²) in [5, 5.41) is 5.85. The molecule has 168 valence electrons. The van der Waals surface area contributed by atoms with Crippen molar-refractivity contribution in [1.29, 1.82) is 0 Å². The fourth-order valence-corrected chi connectivity index (χ4v) is 5.60. The molecule has 0 radical (unpaired) electrons. The Balaban J connectivity index is 1.38. The molecule has 0 aliphatic rings. The molecule has 3 aromatic heterocycles. The van der Waals surface area contributed by atoms with Crippen LogP contribution in [0.25, 0.3) is 71.5 Å². The van der Waals surface area contributed by atoms with Gasteiger partial charge in [-0.1, -0.05) is 66.7 Å². The standard InChI is InChI=1S/C33H20N2O/c1-3-12-28-26(11-1)32-29(16-14-21-8-6-18-34-33(21)32)35(28)24-9-5-7-22(19-24)23-15-17-31-27(20-23)25-10-2-4-13-30(25)36-31/h1-20H. The van der Waals surface area contributed by atoms with E-state index in [1.165, 1.54) is 27.4 Å². The Hall–Kier alpha value is -4.89. The summed E-state index contributed by atoms with van der Waals surface area (Å²) < 4.78 is 8.40. The van der Waals surface area contributed by atoms with Crippen molar-refractivity contribution in [3.05, 3.63) is 121 Å². The van der Waals surface area contributed by atoms with Crippen LogP contribution in [-0.2, 0) is 0 Å². The summed E-state index contributed by atoms with van der Waals surface area (Å²) >= 11 is 0. The molecule has 0 amide bonds. The molecule has 0 spiro atoms. The maximum absolute atomic E-state index is 6.05. The van der Waals surface area contributed by atoms with Gasteiger partial charge in [0, 0.05) is 38.8 Å². The van der Waals surface area contributed by atoms with Gasteiger partial charge in [0.15, 0.2) is 0 Å². The minimum absolute atomic E-state index is 0.915. The first kappa shape index (κ1) is 19.4. The van der Waals surface area contributed by atoms with Crippen molar-refractivity contribution >= 4 is 54.6 Å². The second kappa shape index (κ2) is 7.30. The van der Waals surface area contributed by atoms with Gasteiger partial charge in [0.05, 0.1) is 16.6 Å². The van der Waals surface area contributed by atoms with E-state index in [0.29, 0.717) is 0 Å². The smallest absolute Gasteiger partial charge is 0.135 e. The second-order valence-electron chi connectivity index (χ2n) is 9.25. The highest BCUT2D eigenvalue weighted by molar-refractivity contribution is 6.20. The van der Waals surface area contributed by atoms with E-state index in [1.54, 1.807) is 0 Å². The number of benzene rings is 5. The SMILES string of the molecule is c1cc(-c2ccc3oc4ccccc4c3c2)cc(-n2c3ccccc3c3c4ncccc4ccc32)c1. The zero-order valence-electron chi connectivity index (χ0n) is 19.3. The average molecular weight is 461 g/mol. The van der Waals surface area contributed by atoms with Crippen LogP contribution in [0.5, 0.6) is 0 Å². The van der Waals surface area contributed by atoms with Crippen molar-refractivity contribution in [2.45, 2.75) is 0 Å². The van der Waals surface area contributed by atoms with E-state index in [0.717, 1.165) is 44.0 Å². The number of furan rings is 1. The van der Waals surface area contributed by atoms with Gasteiger partial charge in [0.2, 0.25) is 0 Å². The third-order valence-electron chi connectivity index (χ3n) is 7.22. The van der Waals surface area contributed by atoms with E-state index in [9.17, 15) is 0 Å². The molecular weight excluding hydrogens is 440 g/mol. The van der Waals surface area contributed by atoms with Crippen molar-refractivity contribution in [3.63, 3.8) is 0 Å². The van der Waals surface area contributed by atoms with Crippen LogP contribution in [0.3, 0.4) is 0 Å². The van der Waals surface area contributed by atoms with E-state index in [4.69, 9.17) is 9.40 Å². The summed E-state index contributed by atoms with van der Waals surface area (Å²) in [4.78, 5) is 4.76. The average Bonchev–Trinajstić information content (AvgIpc) is 3.48. The lowest BCUT2D eigenvalue weighted by Crippen LogP contribution is -1.94. The number of pyridine rings is 1. The quantitative estimate of drug-likeness (QED) is 0.258. The first-order chi connectivity index (χ1) is 17.8. The zero-order valence-corrected chi connectivity index (χ0v) is 19.3. The highest BCUT2D eigenvalue weighted by Gasteiger charge is 2.16. The Morgan fingerprint density at radius 3 is 2.36 bits per heavy atom. The van der Waals surface area contributed by atoms with Gasteiger partial charge in [-0.05, 0) is 59.7 Å². The van der Waals surface area contributed by atoms with E-state index in [-0.39, 0.29) is 0 Å². The molecule has 0 bridgehead atoms. The molecule has 0 aliphatic heterocycles. The minimum atomic E-state index is 0.915. The maximum Gasteiger partial charge on any atom is 0.135 e. The van der Waals surface area contributed by atoms with E-state index in [2.05, 4.69) is 102 Å². The van der Waals surface area contributed by atoms with Gasteiger partial charge < -0.3 is 8.98 Å². The van der Waals surface area contributed by atoms with Crippen molar-refractivity contribution in [1.82, 2.24) is 9.55 Å². The van der Waals surface area contributed by atoms with Crippen LogP contribution in [-0.4, -0.2) is 9.55 Å². The largest absolute Gasteiger partial charge is 0.456 e. The van der Waals surface area contributed by atoms with Gasteiger partial charge in [-0.25, -0.2) is 0 Å². The molecule has 0 atom stereocenters. The number of para-hydroxylation sites is 2. The second-order valence-corrected chi connectivity index (χ2v) is 9.25. The lowest BCUT2D eigenvalue weighted by atomic mass is 10.0. The maximum atomic E-state index is 6.05. The van der Waals surface area contributed by atoms with Crippen molar-refractivity contribution in [2.75, 3.05) is 0 Å². The van der Waals surface area contributed by atoms with Gasteiger partial charge in [0.25, 0.3) is 0 Å². The Bertz CT molecular complexity index is 2110. The Kier molecular flexibility index (Phi) is 3.94. The van der Waals surface area contributed by atoms with Crippen LogP contribution in [0.1, 0.15) is 0 Å². The van der Waals surface area contributed by atoms with Crippen LogP contribution in [0.2, 0.25) is 0 Å². The third kappa shape index (κ3) is 2.71. The van der Waals surface area contributed by atoms with Crippen LogP contribution < -0.4 is 0 Å². The van der Waals surface area contributed by atoms with Gasteiger partial charge >= 0.3 is 0 Å². The number of hydrogen-bond donors (Lipinski definition) is 0. The fraction of sp³-hybridized carbons (Fsp3) is 0. The van der Waals surface area contributed by atoms with E-state index < -0.39 is 0 Å². The number of hydrogen-bond acceptors (Lipinski definition) is 2. The summed E-state index contributed by atoms with van der Waals surface area (Å²) in [5.41, 5.74) is 8.69. The Morgan fingerprint density at radius 1 is 0.556 bits per heavy atom. The van der Waals surface area contributed by atoms with Crippen molar-refractivity contribution in [3.8, 4) is 16.8 Å². The highest BCUT2D eigenvalue weighted by Crippen LogP contribution is 2.37. The first-order valence-corrected chi connectivity index (χ1v) is 12.1. The molecule has 3 heteroatoms. The molecule has 0 saturated carbocycles. The van der Waals surface area contributed by atoms with Gasteiger partial charge in [-0.3, -0.25) is 4.98 Å². The number of aromatic nitrogens is 2. The number of rotatable bonds is 2. The summed E-state index contributed by atoms with van der Waals surface area (Å²) in [7, 11) is 0. The molecular formula is C33H20N2O. The normalized spacial score (nSPS) is 11.9. The molecule has 0 N–H and O–H groups in total. The number of fused-ring (bicyclic) bond motifs is 8. The molecule has 0 aliphatic carbocycles. The molecule has 3 heterocycles. The molecule has 8 aromatic rings. The van der Waals surface area contributed by atoms with Gasteiger partial charge in [-0.2, -0.15) is 0 Å². The van der Waals surface area contributed by atoms with Gasteiger partial charge in [-0.15, -0.1) is 0 Å². The summed E-state index contributed by atoms with van der Waals surface area (Å²) in [6.07, 6.45) is 1.88. The molecule has 36 heavy (non-hydrogen) atoms. The lowest BCUT2D eigenvalue weighted by Gasteiger charge is -2.11. The summed E-state index contributed by atoms with van der Waals surface area (Å²) in [5.74, 6) is 0. The predicted octanol–water partition coefficient (Wildman–Crippen LogP) is 8.90. The molecule has 0 unspecified atom stereocenters. The molecule has 0 fully saturated rings. The lowest BCUT2D eigenvalue weighted by molar-refractivity contribution is 0.669. The predicted molar refractivity (Wildman–Crippen MR) is 149 cm³/mol. The Morgan fingerprint density at radius 2 is 1.39 bits per heavy atom. The summed E-state index contributed by atoms with van der Waals surface area (Å²) in [6.45, 7) is 0. The molecule has 3 nitrogen and oxygen atoms in total. The molecule has 8 rings (SSSR count). The Labute approximate surface area is 206 Å². The van der Waals surface area contributed by atoms with Crippen LogP contribution in [0.15, 0.2) is 126 Å². The fourth-order valence-electron chi connectivity index (χ4n) is 5.60. The van der Waals surface area contributed by atoms with Crippen molar-refractivity contribution < 1.29 is 4.42 Å². The summed E-state index contributed by atoms with van der Waals surface area (Å²) in [6, 6.07) is 40.6. The third-order valence-corrected chi connectivity index (χ3v) is 7.22. The minimum Gasteiger partial charge on any atom is -0.456 e. The van der Waals surface area contributed by atoms with Gasteiger partial charge in [0.1, 0.15) is 11.2 Å². The monoisotopic (exact) mass is 460 g/mol. The molecule has 0 saturated heterocycles. The van der Waals surface area contributed by atoms with Crippen LogP contribution >= 0.6 is 0 Å². The van der Waals surface area contributed by atoms with Crippen LogP contribution in [0, 0.1) is 0 Å². The number of nitrogens with zero attached hydrogens (tertiary/aromatic N) is 2. The van der Waals surface area contributed by atoms with Crippen molar-refractivity contribution in [2.24, 2.45) is 0 Å². The highest BCUT2D eigenvalue weighted by atomic mass is 16.3. The zero-order chi connectivity index (χ0) is 23.6. The topological polar surface area (TPSA) is 31.0 Å².